The standard InChI is InChI=1S/C20H22N4O3/c1-13(12-25)15-10-17-18(21-11-15)20(24-5-7-27-8-6-24)23-19(22-17)14-3-2-4-16(26)9-14/h2-4,9-11,13,25-26H,5-8,12H2,1H3. The molecular formula is C20H22N4O3. The first-order chi connectivity index (χ1) is 13.2. The van der Waals surface area contributed by atoms with Crippen molar-refractivity contribution in [2.75, 3.05) is 37.8 Å². The second-order valence-corrected chi connectivity index (χ2v) is 6.74. The molecule has 0 spiro atoms. The molecule has 1 aromatic carbocycles. The van der Waals surface area contributed by atoms with Gasteiger partial charge in [-0.2, -0.15) is 0 Å². The van der Waals surface area contributed by atoms with Crippen LogP contribution < -0.4 is 4.90 Å². The van der Waals surface area contributed by atoms with Crippen molar-refractivity contribution < 1.29 is 14.9 Å². The number of hydrogen-bond acceptors (Lipinski definition) is 7. The molecule has 1 fully saturated rings. The van der Waals surface area contributed by atoms with Gasteiger partial charge in [-0.15, -0.1) is 0 Å². The van der Waals surface area contributed by atoms with E-state index in [0.29, 0.717) is 19.0 Å². The number of pyridine rings is 1. The van der Waals surface area contributed by atoms with Gasteiger partial charge < -0.3 is 19.8 Å². The van der Waals surface area contributed by atoms with Gasteiger partial charge in [-0.3, -0.25) is 4.98 Å². The molecule has 1 aliphatic heterocycles. The van der Waals surface area contributed by atoms with E-state index in [0.717, 1.165) is 41.1 Å². The van der Waals surface area contributed by atoms with Gasteiger partial charge in [0.25, 0.3) is 0 Å². The minimum Gasteiger partial charge on any atom is -0.508 e. The van der Waals surface area contributed by atoms with E-state index in [1.165, 1.54) is 0 Å². The molecule has 27 heavy (non-hydrogen) atoms. The number of morpholine rings is 1. The highest BCUT2D eigenvalue weighted by atomic mass is 16.5. The number of nitrogens with zero attached hydrogens (tertiary/aromatic N) is 4. The van der Waals surface area contributed by atoms with E-state index in [1.54, 1.807) is 24.4 Å². The van der Waals surface area contributed by atoms with E-state index in [9.17, 15) is 10.2 Å². The summed E-state index contributed by atoms with van der Waals surface area (Å²) in [4.78, 5) is 16.2. The third-order valence-corrected chi connectivity index (χ3v) is 4.80. The molecule has 7 heteroatoms. The van der Waals surface area contributed by atoms with Gasteiger partial charge in [-0.05, 0) is 23.8 Å². The van der Waals surface area contributed by atoms with Crippen LogP contribution >= 0.6 is 0 Å². The molecule has 1 saturated heterocycles. The van der Waals surface area contributed by atoms with E-state index in [1.807, 2.05) is 19.1 Å². The van der Waals surface area contributed by atoms with Gasteiger partial charge in [0.2, 0.25) is 0 Å². The van der Waals surface area contributed by atoms with Crippen LogP contribution in [0.25, 0.3) is 22.4 Å². The zero-order valence-corrected chi connectivity index (χ0v) is 15.2. The van der Waals surface area contributed by atoms with Crippen molar-refractivity contribution in [2.45, 2.75) is 12.8 Å². The molecule has 0 bridgehead atoms. The fourth-order valence-corrected chi connectivity index (χ4v) is 3.16. The normalized spacial score (nSPS) is 15.9. The first kappa shape index (κ1) is 17.6. The summed E-state index contributed by atoms with van der Waals surface area (Å²) in [6.07, 6.45) is 1.78. The lowest BCUT2D eigenvalue weighted by Gasteiger charge is -2.28. The number of anilines is 1. The average Bonchev–Trinajstić information content (AvgIpc) is 2.72. The minimum atomic E-state index is -0.0204. The molecule has 1 atom stereocenters. The maximum Gasteiger partial charge on any atom is 0.162 e. The smallest absolute Gasteiger partial charge is 0.162 e. The summed E-state index contributed by atoms with van der Waals surface area (Å²) in [5, 5.41) is 19.3. The number of aliphatic hydroxyl groups excluding tert-OH is 1. The molecule has 2 N–H and O–H groups in total. The summed E-state index contributed by atoms with van der Waals surface area (Å²) in [6.45, 7) is 4.76. The number of hydrogen-bond donors (Lipinski definition) is 2. The Morgan fingerprint density at radius 3 is 2.74 bits per heavy atom. The number of aliphatic hydroxyl groups is 1. The van der Waals surface area contributed by atoms with Crippen molar-refractivity contribution in [2.24, 2.45) is 0 Å². The Hall–Kier alpha value is -2.77. The van der Waals surface area contributed by atoms with E-state index in [2.05, 4.69) is 9.88 Å². The van der Waals surface area contributed by atoms with Gasteiger partial charge in [-0.25, -0.2) is 9.97 Å². The minimum absolute atomic E-state index is 0.0204. The maximum atomic E-state index is 9.83. The number of fused-ring (bicyclic) bond motifs is 1. The van der Waals surface area contributed by atoms with E-state index in [4.69, 9.17) is 14.7 Å². The predicted octanol–water partition coefficient (Wildman–Crippen LogP) is 2.33. The molecule has 3 aromatic rings. The van der Waals surface area contributed by atoms with Crippen molar-refractivity contribution in [1.82, 2.24) is 15.0 Å². The summed E-state index contributed by atoms with van der Waals surface area (Å²) in [5.41, 5.74) is 3.13. The number of aromatic nitrogens is 3. The first-order valence-corrected chi connectivity index (χ1v) is 9.06. The largest absolute Gasteiger partial charge is 0.508 e. The molecule has 0 amide bonds. The van der Waals surface area contributed by atoms with Crippen LogP contribution in [0.4, 0.5) is 5.82 Å². The molecule has 140 valence electrons. The highest BCUT2D eigenvalue weighted by Gasteiger charge is 2.20. The molecular weight excluding hydrogens is 344 g/mol. The van der Waals surface area contributed by atoms with Gasteiger partial charge in [0, 0.05) is 37.4 Å². The van der Waals surface area contributed by atoms with Crippen LogP contribution in [-0.4, -0.2) is 58.1 Å². The Bertz CT molecular complexity index is 957. The Labute approximate surface area is 157 Å². The molecule has 4 rings (SSSR count). The summed E-state index contributed by atoms with van der Waals surface area (Å²) >= 11 is 0. The maximum absolute atomic E-state index is 9.83. The predicted molar refractivity (Wildman–Crippen MR) is 103 cm³/mol. The number of rotatable bonds is 4. The van der Waals surface area contributed by atoms with Crippen LogP contribution in [0.2, 0.25) is 0 Å². The third-order valence-electron chi connectivity index (χ3n) is 4.80. The van der Waals surface area contributed by atoms with E-state index < -0.39 is 0 Å². The lowest BCUT2D eigenvalue weighted by molar-refractivity contribution is 0.122. The first-order valence-electron chi connectivity index (χ1n) is 9.06. The summed E-state index contributed by atoms with van der Waals surface area (Å²) in [6, 6.07) is 8.88. The number of phenols is 1. The number of benzene rings is 1. The Morgan fingerprint density at radius 2 is 2.00 bits per heavy atom. The second-order valence-electron chi connectivity index (χ2n) is 6.74. The Morgan fingerprint density at radius 1 is 1.19 bits per heavy atom. The van der Waals surface area contributed by atoms with Crippen LogP contribution in [0.5, 0.6) is 5.75 Å². The van der Waals surface area contributed by atoms with Crippen molar-refractivity contribution >= 4 is 16.9 Å². The molecule has 2 aromatic heterocycles. The second kappa shape index (κ2) is 7.46. The number of aromatic hydroxyl groups is 1. The zero-order valence-electron chi connectivity index (χ0n) is 15.2. The molecule has 0 saturated carbocycles. The lowest BCUT2D eigenvalue weighted by Crippen LogP contribution is -2.37. The summed E-state index contributed by atoms with van der Waals surface area (Å²) in [7, 11) is 0. The number of phenolic OH excluding ortho intramolecular Hbond substituents is 1. The van der Waals surface area contributed by atoms with Crippen molar-refractivity contribution in [3.63, 3.8) is 0 Å². The number of ether oxygens (including phenoxy) is 1. The van der Waals surface area contributed by atoms with Crippen molar-refractivity contribution in [1.29, 1.82) is 0 Å². The molecule has 3 heterocycles. The van der Waals surface area contributed by atoms with E-state index >= 15 is 0 Å². The quantitative estimate of drug-likeness (QED) is 0.732. The Balaban J connectivity index is 1.89. The topological polar surface area (TPSA) is 91.6 Å². The highest BCUT2D eigenvalue weighted by Crippen LogP contribution is 2.29. The van der Waals surface area contributed by atoms with Gasteiger partial charge in [0.15, 0.2) is 11.6 Å². The molecule has 1 aliphatic rings. The Kier molecular flexibility index (Phi) is 4.87. The third kappa shape index (κ3) is 3.56. The van der Waals surface area contributed by atoms with Gasteiger partial charge in [0.05, 0.1) is 18.7 Å². The lowest BCUT2D eigenvalue weighted by atomic mass is 10.0. The van der Waals surface area contributed by atoms with Crippen molar-refractivity contribution in [3.8, 4) is 17.1 Å². The molecule has 1 unspecified atom stereocenters. The molecule has 0 aliphatic carbocycles. The van der Waals surface area contributed by atoms with Gasteiger partial charge >= 0.3 is 0 Å². The SMILES string of the molecule is CC(CO)c1cnc2c(N3CCOCC3)nc(-c3cccc(O)c3)nc2c1. The molecule has 7 nitrogen and oxygen atoms in total. The average molecular weight is 366 g/mol. The fourth-order valence-electron chi connectivity index (χ4n) is 3.16. The summed E-state index contributed by atoms with van der Waals surface area (Å²) < 4.78 is 5.46. The van der Waals surface area contributed by atoms with Gasteiger partial charge in [-0.1, -0.05) is 19.1 Å². The molecule has 0 radical (unpaired) electrons. The van der Waals surface area contributed by atoms with E-state index in [-0.39, 0.29) is 18.3 Å². The van der Waals surface area contributed by atoms with Crippen LogP contribution in [0, 0.1) is 0 Å². The monoisotopic (exact) mass is 366 g/mol. The van der Waals surface area contributed by atoms with Crippen LogP contribution in [0.1, 0.15) is 18.4 Å². The fraction of sp³-hybridized carbons (Fsp3) is 0.350. The van der Waals surface area contributed by atoms with Crippen LogP contribution in [0.3, 0.4) is 0 Å². The van der Waals surface area contributed by atoms with Crippen molar-refractivity contribution in [3.05, 3.63) is 42.1 Å². The summed E-state index contributed by atoms with van der Waals surface area (Å²) in [5.74, 6) is 1.46. The zero-order chi connectivity index (χ0) is 18.8. The van der Waals surface area contributed by atoms with Crippen LogP contribution in [-0.2, 0) is 4.74 Å². The van der Waals surface area contributed by atoms with Gasteiger partial charge in [0.1, 0.15) is 11.3 Å². The van der Waals surface area contributed by atoms with Crippen LogP contribution in [0.15, 0.2) is 36.5 Å². The highest BCUT2D eigenvalue weighted by molar-refractivity contribution is 5.88.